The molecule has 0 saturated carbocycles. The predicted molar refractivity (Wildman–Crippen MR) is 60.3 cm³/mol. The van der Waals surface area contributed by atoms with Crippen molar-refractivity contribution in [2.75, 3.05) is 0 Å². The number of rotatable bonds is 1. The van der Waals surface area contributed by atoms with E-state index in [1.165, 1.54) is 0 Å². The number of hydrogen-bond acceptors (Lipinski definition) is 2. The Morgan fingerprint density at radius 2 is 1.29 bits per heavy atom. The fourth-order valence-corrected chi connectivity index (χ4v) is 1.55. The smallest absolute Gasteiger partial charge is 0.403 e. The van der Waals surface area contributed by atoms with Crippen LogP contribution in [0.4, 0.5) is 0 Å². The minimum Gasteiger partial charge on any atom is -0.403 e. The summed E-state index contributed by atoms with van der Waals surface area (Å²) in [6.07, 6.45) is 0.944. The van der Waals surface area contributed by atoms with Gasteiger partial charge in [0.1, 0.15) is 0 Å². The maximum Gasteiger partial charge on any atom is 0.458 e. The summed E-state index contributed by atoms with van der Waals surface area (Å²) in [7, 11) is -0.0556. The SMILES string of the molecule is CC(C)(C)CB1OC(C)(C)C(C)(C)O1. The van der Waals surface area contributed by atoms with Gasteiger partial charge in [-0.1, -0.05) is 20.8 Å². The summed E-state index contributed by atoms with van der Waals surface area (Å²) in [6.45, 7) is 15.0. The summed E-state index contributed by atoms with van der Waals surface area (Å²) in [4.78, 5) is 0. The molecule has 0 radical (unpaired) electrons. The van der Waals surface area contributed by atoms with E-state index in [-0.39, 0.29) is 23.7 Å². The average Bonchev–Trinajstić information content (AvgIpc) is 1.94. The molecule has 0 atom stereocenters. The van der Waals surface area contributed by atoms with Crippen molar-refractivity contribution in [3.8, 4) is 0 Å². The zero-order valence-corrected chi connectivity index (χ0v) is 10.6. The largest absolute Gasteiger partial charge is 0.458 e. The van der Waals surface area contributed by atoms with Crippen molar-refractivity contribution in [1.29, 1.82) is 0 Å². The van der Waals surface area contributed by atoms with Gasteiger partial charge >= 0.3 is 7.12 Å². The van der Waals surface area contributed by atoms with Gasteiger partial charge in [-0.3, -0.25) is 0 Å². The highest BCUT2D eigenvalue weighted by Gasteiger charge is 2.51. The molecule has 0 unspecified atom stereocenters. The van der Waals surface area contributed by atoms with Crippen LogP contribution in [0.2, 0.25) is 6.32 Å². The number of hydrogen-bond donors (Lipinski definition) is 0. The lowest BCUT2D eigenvalue weighted by Crippen LogP contribution is -2.41. The first-order valence-corrected chi connectivity index (χ1v) is 5.39. The van der Waals surface area contributed by atoms with Crippen molar-refractivity contribution < 1.29 is 9.31 Å². The summed E-state index contributed by atoms with van der Waals surface area (Å²) in [5.74, 6) is 0. The molecular weight excluding hydrogens is 175 g/mol. The van der Waals surface area contributed by atoms with Gasteiger partial charge in [-0.25, -0.2) is 0 Å². The van der Waals surface area contributed by atoms with E-state index in [9.17, 15) is 0 Å². The molecule has 0 amide bonds. The van der Waals surface area contributed by atoms with Crippen LogP contribution in [0, 0.1) is 5.41 Å². The second-order valence-corrected chi connectivity index (χ2v) is 6.45. The van der Waals surface area contributed by atoms with Crippen LogP contribution in [0.3, 0.4) is 0 Å². The Hall–Kier alpha value is -0.0151. The Morgan fingerprint density at radius 1 is 0.929 bits per heavy atom. The zero-order chi connectivity index (χ0) is 11.2. The highest BCUT2D eigenvalue weighted by atomic mass is 16.7. The summed E-state index contributed by atoms with van der Waals surface area (Å²) >= 11 is 0. The van der Waals surface area contributed by atoms with E-state index in [1.807, 2.05) is 0 Å². The van der Waals surface area contributed by atoms with E-state index in [0.717, 1.165) is 6.32 Å². The lowest BCUT2D eigenvalue weighted by molar-refractivity contribution is 0.00578. The van der Waals surface area contributed by atoms with Crippen LogP contribution in [0.15, 0.2) is 0 Å². The van der Waals surface area contributed by atoms with Crippen molar-refractivity contribution in [1.82, 2.24) is 0 Å². The van der Waals surface area contributed by atoms with Gasteiger partial charge in [0.15, 0.2) is 0 Å². The molecule has 0 aromatic heterocycles. The fourth-order valence-electron chi connectivity index (χ4n) is 1.55. The summed E-state index contributed by atoms with van der Waals surface area (Å²) < 4.78 is 11.8. The minimum absolute atomic E-state index is 0.0556. The quantitative estimate of drug-likeness (QED) is 0.602. The van der Waals surface area contributed by atoms with Crippen LogP contribution in [0.1, 0.15) is 48.5 Å². The van der Waals surface area contributed by atoms with E-state index < -0.39 is 0 Å². The van der Waals surface area contributed by atoms with Crippen molar-refractivity contribution in [3.63, 3.8) is 0 Å². The van der Waals surface area contributed by atoms with Crippen molar-refractivity contribution in [2.45, 2.75) is 66.0 Å². The third kappa shape index (κ3) is 2.51. The maximum absolute atomic E-state index is 5.92. The van der Waals surface area contributed by atoms with Crippen LogP contribution < -0.4 is 0 Å². The molecular formula is C11H23BO2. The van der Waals surface area contributed by atoms with Crippen molar-refractivity contribution >= 4 is 7.12 Å². The van der Waals surface area contributed by atoms with Crippen LogP contribution in [-0.4, -0.2) is 18.3 Å². The van der Waals surface area contributed by atoms with E-state index in [2.05, 4.69) is 48.5 Å². The van der Waals surface area contributed by atoms with Crippen LogP contribution >= 0.6 is 0 Å². The first kappa shape index (κ1) is 12.1. The Labute approximate surface area is 88.5 Å². The van der Waals surface area contributed by atoms with Crippen molar-refractivity contribution in [2.24, 2.45) is 5.41 Å². The average molecular weight is 198 g/mol. The van der Waals surface area contributed by atoms with Gasteiger partial charge in [-0.05, 0) is 39.4 Å². The van der Waals surface area contributed by atoms with E-state index >= 15 is 0 Å². The van der Waals surface area contributed by atoms with Gasteiger partial charge in [-0.15, -0.1) is 0 Å². The normalized spacial score (nSPS) is 25.5. The molecule has 1 aliphatic heterocycles. The van der Waals surface area contributed by atoms with Gasteiger partial charge in [0.2, 0.25) is 0 Å². The molecule has 1 aliphatic rings. The zero-order valence-electron chi connectivity index (χ0n) is 10.6. The van der Waals surface area contributed by atoms with Gasteiger partial charge in [0.05, 0.1) is 11.2 Å². The second-order valence-electron chi connectivity index (χ2n) is 6.45. The molecule has 0 aromatic rings. The molecule has 0 aromatic carbocycles. The summed E-state index contributed by atoms with van der Waals surface area (Å²) in [5, 5.41) is 0. The highest BCUT2D eigenvalue weighted by molar-refractivity contribution is 6.45. The topological polar surface area (TPSA) is 18.5 Å². The molecule has 14 heavy (non-hydrogen) atoms. The molecule has 0 bridgehead atoms. The Balaban J connectivity index is 2.65. The first-order chi connectivity index (χ1) is 6.04. The van der Waals surface area contributed by atoms with Gasteiger partial charge in [0, 0.05) is 0 Å². The third-order valence-corrected chi connectivity index (χ3v) is 3.08. The van der Waals surface area contributed by atoms with Gasteiger partial charge in [0.25, 0.3) is 0 Å². The van der Waals surface area contributed by atoms with Gasteiger partial charge in [-0.2, -0.15) is 0 Å². The standard InChI is InChI=1S/C11H23BO2/c1-9(2,3)8-12-13-10(4,5)11(6,7)14-12/h8H2,1-7H3. The molecule has 2 nitrogen and oxygen atoms in total. The Bertz CT molecular complexity index is 200. The summed E-state index contributed by atoms with van der Waals surface area (Å²) in [5.41, 5.74) is -0.132. The van der Waals surface area contributed by atoms with Crippen molar-refractivity contribution in [3.05, 3.63) is 0 Å². The molecule has 1 saturated heterocycles. The molecule has 1 heterocycles. The Kier molecular flexibility index (Phi) is 2.79. The van der Waals surface area contributed by atoms with E-state index in [1.54, 1.807) is 0 Å². The minimum atomic E-state index is -0.192. The molecule has 0 N–H and O–H groups in total. The maximum atomic E-state index is 5.92. The lowest BCUT2D eigenvalue weighted by atomic mass is 9.71. The van der Waals surface area contributed by atoms with E-state index in [4.69, 9.17) is 9.31 Å². The monoisotopic (exact) mass is 198 g/mol. The first-order valence-electron chi connectivity index (χ1n) is 5.39. The van der Waals surface area contributed by atoms with E-state index in [0.29, 0.717) is 0 Å². The molecule has 1 fully saturated rings. The fraction of sp³-hybridized carbons (Fsp3) is 1.00. The molecule has 82 valence electrons. The second kappa shape index (κ2) is 3.24. The molecule has 1 rings (SSSR count). The predicted octanol–water partition coefficient (Wildman–Crippen LogP) is 3.12. The molecule has 0 aliphatic carbocycles. The molecule has 0 spiro atoms. The molecule has 3 heteroatoms. The van der Waals surface area contributed by atoms with Crippen LogP contribution in [-0.2, 0) is 9.31 Å². The highest BCUT2D eigenvalue weighted by Crippen LogP contribution is 2.40. The Morgan fingerprint density at radius 3 is 1.57 bits per heavy atom. The third-order valence-electron chi connectivity index (χ3n) is 3.08. The summed E-state index contributed by atoms with van der Waals surface area (Å²) in [6, 6.07) is 0. The van der Waals surface area contributed by atoms with Crippen LogP contribution in [0.25, 0.3) is 0 Å². The van der Waals surface area contributed by atoms with Gasteiger partial charge < -0.3 is 9.31 Å². The van der Waals surface area contributed by atoms with Crippen LogP contribution in [0.5, 0.6) is 0 Å². The lowest BCUT2D eigenvalue weighted by Gasteiger charge is -2.32.